The van der Waals surface area contributed by atoms with Crippen LogP contribution < -0.4 is 5.32 Å². The largest absolute Gasteiger partial charge is 0.320 e. The number of aryl methyl sites for hydroxylation is 1. The number of nitrogens with one attached hydrogen (secondary N) is 1. The first-order valence-corrected chi connectivity index (χ1v) is 9.15. The van der Waals surface area contributed by atoms with Crippen molar-refractivity contribution in [3.63, 3.8) is 0 Å². The number of amides is 1. The van der Waals surface area contributed by atoms with Crippen LogP contribution in [0.1, 0.15) is 15.2 Å². The molecule has 1 N–H and O–H groups in total. The molecule has 0 aliphatic rings. The third-order valence-corrected chi connectivity index (χ3v) is 5.91. The van der Waals surface area contributed by atoms with Crippen LogP contribution in [0.15, 0.2) is 39.0 Å². The number of benzene rings is 1. The van der Waals surface area contributed by atoms with Gasteiger partial charge in [0.05, 0.1) is 19.2 Å². The summed E-state index contributed by atoms with van der Waals surface area (Å²) in [6.45, 7) is 1.89. The van der Waals surface area contributed by atoms with E-state index in [1.165, 1.54) is 17.4 Å². The van der Waals surface area contributed by atoms with E-state index < -0.39 is 9.84 Å². The fraction of sp³-hybridized carbons (Fsp3) is 0.154. The van der Waals surface area contributed by atoms with Gasteiger partial charge in [-0.05, 0) is 46.6 Å². The first-order chi connectivity index (χ1) is 9.29. The Bertz CT molecular complexity index is 746. The molecule has 0 aliphatic heterocycles. The van der Waals surface area contributed by atoms with Gasteiger partial charge in [0.15, 0.2) is 9.84 Å². The summed E-state index contributed by atoms with van der Waals surface area (Å²) in [5.41, 5.74) is 1.26. The summed E-state index contributed by atoms with van der Waals surface area (Å²) in [6, 6.07) is 8.11. The molecule has 0 atom stereocenters. The molecule has 2 aromatic rings. The van der Waals surface area contributed by atoms with E-state index in [1.54, 1.807) is 24.3 Å². The number of carbonyl (C=O) groups is 1. The van der Waals surface area contributed by atoms with Gasteiger partial charge in [0.2, 0.25) is 0 Å². The predicted octanol–water partition coefficient (Wildman–Crippen LogP) is 3.47. The number of para-hydroxylation sites is 1. The molecule has 0 bridgehead atoms. The lowest BCUT2D eigenvalue weighted by atomic mass is 10.3. The quantitative estimate of drug-likeness (QED) is 0.895. The number of hydrogen-bond donors (Lipinski definition) is 1. The molecule has 1 aromatic carbocycles. The lowest BCUT2D eigenvalue weighted by Crippen LogP contribution is -2.13. The van der Waals surface area contributed by atoms with Crippen molar-refractivity contribution in [1.82, 2.24) is 0 Å². The molecule has 0 fully saturated rings. The standard InChI is InChI=1S/C13H12BrNO3S2/c1-8-7-10(19-12(8)14)13(16)15-9-5-3-4-6-11(9)20(2,17)18/h3-7H,1-2H3,(H,15,16). The van der Waals surface area contributed by atoms with Gasteiger partial charge in [0, 0.05) is 6.26 Å². The molecule has 0 unspecified atom stereocenters. The van der Waals surface area contributed by atoms with Crippen molar-refractivity contribution in [3.8, 4) is 0 Å². The topological polar surface area (TPSA) is 63.2 Å². The lowest BCUT2D eigenvalue weighted by molar-refractivity contribution is 0.103. The monoisotopic (exact) mass is 373 g/mol. The van der Waals surface area contributed by atoms with Crippen molar-refractivity contribution in [1.29, 1.82) is 0 Å². The number of halogens is 1. The van der Waals surface area contributed by atoms with Crippen LogP contribution in [0, 0.1) is 6.92 Å². The normalized spacial score (nSPS) is 11.3. The van der Waals surface area contributed by atoms with Crippen molar-refractivity contribution in [2.24, 2.45) is 0 Å². The SMILES string of the molecule is Cc1cc(C(=O)Nc2ccccc2S(C)(=O)=O)sc1Br. The van der Waals surface area contributed by atoms with Crippen LogP contribution in [0.5, 0.6) is 0 Å². The van der Waals surface area contributed by atoms with Crippen LogP contribution in [-0.2, 0) is 9.84 Å². The predicted molar refractivity (Wildman–Crippen MR) is 84.3 cm³/mol. The Hall–Kier alpha value is -1.18. The Labute approximate surface area is 129 Å². The highest BCUT2D eigenvalue weighted by Gasteiger charge is 2.17. The maximum atomic E-state index is 12.1. The number of carbonyl (C=O) groups excluding carboxylic acids is 1. The van der Waals surface area contributed by atoms with Gasteiger partial charge in [0.25, 0.3) is 5.91 Å². The van der Waals surface area contributed by atoms with Crippen molar-refractivity contribution in [2.45, 2.75) is 11.8 Å². The molecule has 1 amide bonds. The molecular formula is C13H12BrNO3S2. The van der Waals surface area contributed by atoms with E-state index in [4.69, 9.17) is 0 Å². The van der Waals surface area contributed by atoms with Crippen molar-refractivity contribution in [3.05, 3.63) is 44.6 Å². The molecule has 7 heteroatoms. The second kappa shape index (κ2) is 5.67. The summed E-state index contributed by atoms with van der Waals surface area (Å²) in [7, 11) is -3.38. The third kappa shape index (κ3) is 3.28. The molecule has 106 valence electrons. The van der Waals surface area contributed by atoms with Crippen molar-refractivity contribution in [2.75, 3.05) is 11.6 Å². The first kappa shape index (κ1) is 15.2. The summed E-state index contributed by atoms with van der Waals surface area (Å²) < 4.78 is 24.2. The van der Waals surface area contributed by atoms with Gasteiger partial charge in [-0.2, -0.15) is 0 Å². The van der Waals surface area contributed by atoms with Crippen LogP contribution >= 0.6 is 27.3 Å². The highest BCUT2D eigenvalue weighted by atomic mass is 79.9. The lowest BCUT2D eigenvalue weighted by Gasteiger charge is -2.08. The molecule has 20 heavy (non-hydrogen) atoms. The molecule has 1 aromatic heterocycles. The molecule has 1 heterocycles. The van der Waals surface area contributed by atoms with Gasteiger partial charge in [-0.1, -0.05) is 12.1 Å². The average molecular weight is 374 g/mol. The van der Waals surface area contributed by atoms with Crippen LogP contribution in [0.4, 0.5) is 5.69 Å². The molecule has 2 rings (SSSR count). The number of sulfone groups is 1. The van der Waals surface area contributed by atoms with Gasteiger partial charge in [-0.15, -0.1) is 11.3 Å². The smallest absolute Gasteiger partial charge is 0.265 e. The van der Waals surface area contributed by atoms with E-state index in [-0.39, 0.29) is 10.8 Å². The number of thiophene rings is 1. The highest BCUT2D eigenvalue weighted by Crippen LogP contribution is 2.28. The van der Waals surface area contributed by atoms with E-state index >= 15 is 0 Å². The van der Waals surface area contributed by atoms with E-state index in [9.17, 15) is 13.2 Å². The van der Waals surface area contributed by atoms with E-state index in [1.807, 2.05) is 6.92 Å². The second-order valence-electron chi connectivity index (χ2n) is 4.29. The number of hydrogen-bond acceptors (Lipinski definition) is 4. The summed E-state index contributed by atoms with van der Waals surface area (Å²) in [4.78, 5) is 12.8. The van der Waals surface area contributed by atoms with Gasteiger partial charge in [-0.3, -0.25) is 4.79 Å². The Morgan fingerprint density at radius 2 is 1.95 bits per heavy atom. The maximum Gasteiger partial charge on any atom is 0.265 e. The van der Waals surface area contributed by atoms with E-state index in [0.29, 0.717) is 10.6 Å². The van der Waals surface area contributed by atoms with Crippen LogP contribution in [0.3, 0.4) is 0 Å². The summed E-state index contributed by atoms with van der Waals surface area (Å²) >= 11 is 4.67. The van der Waals surface area contributed by atoms with Gasteiger partial charge in [0.1, 0.15) is 0 Å². The maximum absolute atomic E-state index is 12.1. The minimum absolute atomic E-state index is 0.112. The summed E-state index contributed by atoms with van der Waals surface area (Å²) in [5, 5.41) is 2.65. The molecule has 0 saturated carbocycles. The Kier molecular flexibility index (Phi) is 4.31. The minimum Gasteiger partial charge on any atom is -0.320 e. The fourth-order valence-electron chi connectivity index (χ4n) is 1.65. The minimum atomic E-state index is -3.38. The highest BCUT2D eigenvalue weighted by molar-refractivity contribution is 9.11. The first-order valence-electron chi connectivity index (χ1n) is 5.65. The van der Waals surface area contributed by atoms with E-state index in [0.717, 1.165) is 15.6 Å². The zero-order valence-corrected chi connectivity index (χ0v) is 14.0. The van der Waals surface area contributed by atoms with Gasteiger partial charge >= 0.3 is 0 Å². The van der Waals surface area contributed by atoms with Gasteiger partial charge in [-0.25, -0.2) is 8.42 Å². The third-order valence-electron chi connectivity index (χ3n) is 2.62. The molecule has 0 aliphatic carbocycles. The van der Waals surface area contributed by atoms with Crippen molar-refractivity contribution < 1.29 is 13.2 Å². The molecule has 4 nitrogen and oxygen atoms in total. The van der Waals surface area contributed by atoms with Crippen molar-refractivity contribution >= 4 is 48.7 Å². The number of rotatable bonds is 3. The molecule has 0 radical (unpaired) electrons. The number of anilines is 1. The zero-order chi connectivity index (χ0) is 14.9. The summed E-state index contributed by atoms with van der Waals surface area (Å²) in [6.07, 6.45) is 1.11. The molecular weight excluding hydrogens is 362 g/mol. The Morgan fingerprint density at radius 3 is 2.50 bits per heavy atom. The van der Waals surface area contributed by atoms with E-state index in [2.05, 4.69) is 21.2 Å². The molecule has 0 saturated heterocycles. The molecule has 0 spiro atoms. The van der Waals surface area contributed by atoms with Crippen LogP contribution in [0.2, 0.25) is 0 Å². The Balaban J connectivity index is 2.33. The average Bonchev–Trinajstić information content (AvgIpc) is 2.69. The Morgan fingerprint density at radius 1 is 1.30 bits per heavy atom. The zero-order valence-electron chi connectivity index (χ0n) is 10.8. The fourth-order valence-corrected chi connectivity index (χ4v) is 3.92. The second-order valence-corrected chi connectivity index (χ2v) is 8.64. The van der Waals surface area contributed by atoms with Gasteiger partial charge < -0.3 is 5.32 Å². The van der Waals surface area contributed by atoms with Crippen LogP contribution in [-0.4, -0.2) is 20.6 Å². The summed E-state index contributed by atoms with van der Waals surface area (Å²) in [5.74, 6) is -0.320. The van der Waals surface area contributed by atoms with Crippen LogP contribution in [0.25, 0.3) is 0 Å².